The summed E-state index contributed by atoms with van der Waals surface area (Å²) < 4.78 is 0. The van der Waals surface area contributed by atoms with Gasteiger partial charge in [-0.15, -0.1) is 11.8 Å². The van der Waals surface area contributed by atoms with E-state index in [1.807, 2.05) is 24.5 Å². The lowest BCUT2D eigenvalue weighted by atomic mass is 10.0. The quantitative estimate of drug-likeness (QED) is 0.260. The van der Waals surface area contributed by atoms with Crippen molar-refractivity contribution in [2.45, 2.75) is 0 Å². The summed E-state index contributed by atoms with van der Waals surface area (Å²) >= 11 is 3.08. The smallest absolute Gasteiger partial charge is 0.271 e. The summed E-state index contributed by atoms with van der Waals surface area (Å²) in [5.41, 5.74) is 4.58. The van der Waals surface area contributed by atoms with Crippen LogP contribution in [0.2, 0.25) is 0 Å². The Balaban J connectivity index is 2.96. The van der Waals surface area contributed by atoms with Crippen molar-refractivity contribution >= 4 is 35.1 Å². The molecule has 0 unspecified atom stereocenters. The van der Waals surface area contributed by atoms with Gasteiger partial charge in [-0.3, -0.25) is 15.2 Å². The van der Waals surface area contributed by atoms with Gasteiger partial charge >= 0.3 is 0 Å². The first-order valence-corrected chi connectivity index (χ1v) is 8.12. The Morgan fingerprint density at radius 3 is 2.85 bits per heavy atom. The number of nitrogens with zero attached hydrogens (tertiary/aromatic N) is 1. The molecule has 0 aliphatic heterocycles. The summed E-state index contributed by atoms with van der Waals surface area (Å²) in [6.45, 7) is 7.48. The van der Waals surface area contributed by atoms with Crippen LogP contribution in [0.25, 0.3) is 0 Å². The maximum Gasteiger partial charge on any atom is 0.271 e. The highest BCUT2D eigenvalue weighted by Crippen LogP contribution is 2.23. The molecule has 1 amide bonds. The van der Waals surface area contributed by atoms with Crippen LogP contribution in [0, 0.1) is 0 Å². The number of nitrogens with one attached hydrogen (secondary N) is 1. The molecule has 1 rings (SSSR count). The van der Waals surface area contributed by atoms with E-state index >= 15 is 0 Å². The minimum Gasteiger partial charge on any atom is -0.290 e. The fourth-order valence-corrected chi connectivity index (χ4v) is 2.83. The molecule has 1 aliphatic rings. The van der Waals surface area contributed by atoms with Gasteiger partial charge < -0.3 is 0 Å². The van der Waals surface area contributed by atoms with Crippen molar-refractivity contribution in [2.75, 3.05) is 11.3 Å². The molecule has 0 saturated carbocycles. The van der Waals surface area contributed by atoms with Crippen LogP contribution in [-0.4, -0.2) is 23.0 Å². The summed E-state index contributed by atoms with van der Waals surface area (Å²) in [5.74, 6) is 4.90. The highest BCUT2D eigenvalue weighted by atomic mass is 32.2. The van der Waals surface area contributed by atoms with Crippen molar-refractivity contribution in [2.24, 2.45) is 10.8 Å². The average molecular weight is 307 g/mol. The number of thioether (sulfide) groups is 2. The van der Waals surface area contributed by atoms with E-state index in [4.69, 9.17) is 5.84 Å². The first-order valence-electron chi connectivity index (χ1n) is 5.74. The van der Waals surface area contributed by atoms with Crippen LogP contribution in [0.1, 0.15) is 0 Å². The number of nitrogens with two attached hydrogens (primary N) is 1. The summed E-state index contributed by atoms with van der Waals surface area (Å²) in [6.07, 6.45) is 10.8. The molecular formula is C14H17N3OS2. The van der Waals surface area contributed by atoms with E-state index in [0.29, 0.717) is 4.91 Å². The van der Waals surface area contributed by atoms with Gasteiger partial charge in [-0.1, -0.05) is 19.2 Å². The molecule has 4 nitrogen and oxygen atoms in total. The van der Waals surface area contributed by atoms with Crippen molar-refractivity contribution in [3.63, 3.8) is 0 Å². The number of hydrazine groups is 1. The van der Waals surface area contributed by atoms with Crippen molar-refractivity contribution in [3.8, 4) is 0 Å². The molecule has 0 aromatic carbocycles. The van der Waals surface area contributed by atoms with E-state index in [9.17, 15) is 4.79 Å². The molecule has 0 saturated heterocycles. The zero-order valence-corrected chi connectivity index (χ0v) is 12.9. The molecule has 0 bridgehead atoms. The van der Waals surface area contributed by atoms with Gasteiger partial charge in [-0.2, -0.15) is 11.8 Å². The third-order valence-corrected chi connectivity index (χ3v) is 4.35. The lowest BCUT2D eigenvalue weighted by molar-refractivity contribution is -0.116. The second-order valence-electron chi connectivity index (χ2n) is 3.73. The number of allylic oxidation sites excluding steroid dienone is 6. The van der Waals surface area contributed by atoms with Crippen LogP contribution < -0.4 is 11.3 Å². The number of rotatable bonds is 6. The van der Waals surface area contributed by atoms with Crippen molar-refractivity contribution in [3.05, 3.63) is 59.7 Å². The minimum absolute atomic E-state index is 0.297. The topological polar surface area (TPSA) is 67.5 Å². The predicted molar refractivity (Wildman–Crippen MR) is 90.4 cm³/mol. The standard InChI is InChI=1S/C14H17N3OS2/c1-4-16-12-6-5-11(7-10(12)2)8-13(14(18)17-15)20-9-19-3/h4-8H,1-2,9,15H2,3H3,(H,17,18)/b13-8-,16-12?. The van der Waals surface area contributed by atoms with Gasteiger partial charge in [0, 0.05) is 11.3 Å². The van der Waals surface area contributed by atoms with Crippen molar-refractivity contribution in [1.29, 1.82) is 0 Å². The Morgan fingerprint density at radius 1 is 1.55 bits per heavy atom. The van der Waals surface area contributed by atoms with Gasteiger partial charge in [0.1, 0.15) is 0 Å². The SMILES string of the molecule is C=CN=C1C=CC(/C=C(\SCSC)C(=O)NN)=CC1=C. The number of amides is 1. The van der Waals surface area contributed by atoms with Gasteiger partial charge in [0.05, 0.1) is 10.6 Å². The molecule has 0 atom stereocenters. The van der Waals surface area contributed by atoms with E-state index in [1.54, 1.807) is 17.8 Å². The molecule has 0 aromatic rings. The highest BCUT2D eigenvalue weighted by molar-refractivity contribution is 8.17. The Morgan fingerprint density at radius 2 is 2.30 bits per heavy atom. The van der Waals surface area contributed by atoms with Crippen molar-refractivity contribution < 1.29 is 4.79 Å². The highest BCUT2D eigenvalue weighted by Gasteiger charge is 2.11. The molecular weight excluding hydrogens is 290 g/mol. The first kappa shape index (κ1) is 16.6. The van der Waals surface area contributed by atoms with E-state index in [0.717, 1.165) is 21.9 Å². The van der Waals surface area contributed by atoms with Crippen LogP contribution in [-0.2, 0) is 4.79 Å². The van der Waals surface area contributed by atoms with E-state index in [2.05, 4.69) is 23.6 Å². The molecule has 0 heterocycles. The Hall–Kier alpha value is -1.50. The summed E-state index contributed by atoms with van der Waals surface area (Å²) in [6, 6.07) is 0. The average Bonchev–Trinajstić information content (AvgIpc) is 2.45. The second-order valence-corrected chi connectivity index (χ2v) is 5.98. The molecule has 0 spiro atoms. The Kier molecular flexibility index (Phi) is 7.14. The third kappa shape index (κ3) is 4.88. The Bertz CT molecular complexity index is 531. The van der Waals surface area contributed by atoms with Crippen LogP contribution in [0.15, 0.2) is 64.7 Å². The monoisotopic (exact) mass is 307 g/mol. The number of carbonyl (C=O) groups excluding carboxylic acids is 1. The normalized spacial score (nSPS) is 17.1. The first-order chi connectivity index (χ1) is 9.62. The van der Waals surface area contributed by atoms with Crippen LogP contribution in [0.5, 0.6) is 0 Å². The number of carbonyl (C=O) groups is 1. The minimum atomic E-state index is -0.297. The van der Waals surface area contributed by atoms with Crippen molar-refractivity contribution in [1.82, 2.24) is 5.43 Å². The fourth-order valence-electron chi connectivity index (χ4n) is 1.44. The number of hydrogen-bond donors (Lipinski definition) is 2. The molecule has 20 heavy (non-hydrogen) atoms. The third-order valence-electron chi connectivity index (χ3n) is 2.32. The summed E-state index contributed by atoms with van der Waals surface area (Å²) in [5, 5.41) is 0.778. The maximum absolute atomic E-state index is 11.7. The lowest BCUT2D eigenvalue weighted by Crippen LogP contribution is -2.30. The molecule has 1 aliphatic carbocycles. The summed E-state index contributed by atoms with van der Waals surface area (Å²) in [7, 11) is 0. The molecule has 6 heteroatoms. The molecule has 0 aromatic heterocycles. The predicted octanol–water partition coefficient (Wildman–Crippen LogP) is 2.55. The van der Waals surface area contributed by atoms with E-state index in [-0.39, 0.29) is 5.91 Å². The van der Waals surface area contributed by atoms with Crippen LogP contribution >= 0.6 is 23.5 Å². The van der Waals surface area contributed by atoms with E-state index < -0.39 is 0 Å². The fraction of sp³-hybridized carbons (Fsp3) is 0.143. The Labute approximate surface area is 127 Å². The zero-order chi connectivity index (χ0) is 15.0. The van der Waals surface area contributed by atoms with Gasteiger partial charge in [-0.05, 0) is 35.6 Å². The van der Waals surface area contributed by atoms with Gasteiger partial charge in [0.15, 0.2) is 0 Å². The molecule has 106 valence electrons. The lowest BCUT2D eigenvalue weighted by Gasteiger charge is -2.10. The van der Waals surface area contributed by atoms with Gasteiger partial charge in [-0.25, -0.2) is 5.84 Å². The molecule has 0 fully saturated rings. The van der Waals surface area contributed by atoms with Gasteiger partial charge in [0.25, 0.3) is 5.91 Å². The largest absolute Gasteiger partial charge is 0.290 e. The van der Waals surface area contributed by atoms with Crippen LogP contribution in [0.4, 0.5) is 0 Å². The number of hydrogen-bond acceptors (Lipinski definition) is 5. The van der Waals surface area contributed by atoms with Gasteiger partial charge in [0.2, 0.25) is 0 Å². The zero-order valence-electron chi connectivity index (χ0n) is 11.3. The summed E-state index contributed by atoms with van der Waals surface area (Å²) in [4.78, 5) is 16.4. The second kappa shape index (κ2) is 8.63. The van der Waals surface area contributed by atoms with E-state index in [1.165, 1.54) is 18.0 Å². The van der Waals surface area contributed by atoms with Crippen LogP contribution in [0.3, 0.4) is 0 Å². The number of aliphatic imine (C=N–C) groups is 1. The maximum atomic E-state index is 11.7. The molecule has 3 N–H and O–H groups in total. The molecule has 0 radical (unpaired) electrons.